The van der Waals surface area contributed by atoms with Crippen LogP contribution in [0.5, 0.6) is 5.75 Å². The zero-order valence-electron chi connectivity index (χ0n) is 12.0. The summed E-state index contributed by atoms with van der Waals surface area (Å²) in [5.41, 5.74) is 1.87. The highest BCUT2D eigenvalue weighted by Gasteiger charge is 2.17. The van der Waals surface area contributed by atoms with Crippen molar-refractivity contribution in [2.45, 2.75) is 13.3 Å². The topological polar surface area (TPSA) is 64.9 Å². The van der Waals surface area contributed by atoms with Crippen LogP contribution in [0.15, 0.2) is 18.3 Å². The minimum absolute atomic E-state index is 0.139. The average Bonchev–Trinajstić information content (AvgIpc) is 2.79. The van der Waals surface area contributed by atoms with E-state index in [2.05, 4.69) is 10.3 Å². The monoisotopic (exact) mass is 277 g/mol. The molecule has 2 heterocycles. The van der Waals surface area contributed by atoms with E-state index in [0.29, 0.717) is 35.9 Å². The van der Waals surface area contributed by atoms with Gasteiger partial charge in [-0.15, -0.1) is 0 Å². The molecule has 0 bridgehead atoms. The first-order valence-corrected chi connectivity index (χ1v) is 6.47. The third-order valence-electron chi connectivity index (χ3n) is 3.03. The minimum Gasteiger partial charge on any atom is -0.493 e. The Kier molecular flexibility index (Phi) is 4.57. The Morgan fingerprint density at radius 1 is 1.45 bits per heavy atom. The van der Waals surface area contributed by atoms with Crippen molar-refractivity contribution in [2.75, 3.05) is 27.4 Å². The van der Waals surface area contributed by atoms with Crippen LogP contribution in [0.3, 0.4) is 0 Å². The van der Waals surface area contributed by atoms with Gasteiger partial charge in [0.15, 0.2) is 11.4 Å². The molecular formula is C14H19N3O3. The minimum atomic E-state index is -0.139. The van der Waals surface area contributed by atoms with E-state index in [4.69, 9.17) is 9.47 Å². The van der Waals surface area contributed by atoms with Crippen molar-refractivity contribution >= 4 is 11.6 Å². The van der Waals surface area contributed by atoms with Gasteiger partial charge in [0.05, 0.1) is 12.8 Å². The lowest BCUT2D eigenvalue weighted by Gasteiger charge is -2.06. The maximum absolute atomic E-state index is 12.2. The van der Waals surface area contributed by atoms with E-state index >= 15 is 0 Å². The Balaban J connectivity index is 2.25. The van der Waals surface area contributed by atoms with E-state index in [1.54, 1.807) is 18.6 Å². The number of aryl methyl sites for hydroxylation is 1. The lowest BCUT2D eigenvalue weighted by molar-refractivity contribution is 0.0942. The Hall–Kier alpha value is -2.08. The van der Waals surface area contributed by atoms with Gasteiger partial charge in [-0.3, -0.25) is 9.20 Å². The number of nitrogens with one attached hydrogen (secondary N) is 1. The fourth-order valence-electron chi connectivity index (χ4n) is 2.09. The zero-order valence-corrected chi connectivity index (χ0v) is 12.0. The van der Waals surface area contributed by atoms with Crippen LogP contribution in [0.2, 0.25) is 0 Å². The summed E-state index contributed by atoms with van der Waals surface area (Å²) in [5, 5.41) is 2.87. The van der Waals surface area contributed by atoms with E-state index in [-0.39, 0.29) is 5.91 Å². The van der Waals surface area contributed by atoms with Crippen LogP contribution in [0.1, 0.15) is 22.6 Å². The van der Waals surface area contributed by atoms with E-state index in [1.807, 2.05) is 25.3 Å². The SMILES string of the molecule is COCCCNC(=O)c1c(C)nc2c(OC)cccn12. The molecule has 0 radical (unpaired) electrons. The summed E-state index contributed by atoms with van der Waals surface area (Å²) in [7, 11) is 3.23. The van der Waals surface area contributed by atoms with Gasteiger partial charge >= 0.3 is 0 Å². The summed E-state index contributed by atoms with van der Waals surface area (Å²) in [6.07, 6.45) is 2.59. The van der Waals surface area contributed by atoms with Gasteiger partial charge in [-0.05, 0) is 25.5 Å². The molecule has 0 atom stereocenters. The first kappa shape index (κ1) is 14.3. The predicted octanol–water partition coefficient (Wildman–Crippen LogP) is 1.42. The predicted molar refractivity (Wildman–Crippen MR) is 75.3 cm³/mol. The van der Waals surface area contributed by atoms with Crippen molar-refractivity contribution in [3.8, 4) is 5.75 Å². The third kappa shape index (κ3) is 2.75. The summed E-state index contributed by atoms with van der Waals surface area (Å²) in [6.45, 7) is 3.01. The highest BCUT2D eigenvalue weighted by molar-refractivity contribution is 5.94. The smallest absolute Gasteiger partial charge is 0.270 e. The second-order valence-electron chi connectivity index (χ2n) is 4.42. The molecule has 0 spiro atoms. The summed E-state index contributed by atoms with van der Waals surface area (Å²) in [5.74, 6) is 0.508. The molecule has 0 aliphatic carbocycles. The quantitative estimate of drug-likeness (QED) is 0.811. The molecule has 108 valence electrons. The molecule has 0 unspecified atom stereocenters. The molecule has 1 amide bonds. The number of aromatic nitrogens is 2. The van der Waals surface area contributed by atoms with Crippen LogP contribution in [0.25, 0.3) is 5.65 Å². The number of amides is 1. The summed E-state index contributed by atoms with van der Waals surface area (Å²) >= 11 is 0. The number of ether oxygens (including phenoxy) is 2. The molecule has 2 rings (SSSR count). The number of pyridine rings is 1. The normalized spacial score (nSPS) is 10.8. The Morgan fingerprint density at radius 2 is 2.25 bits per heavy atom. The molecule has 0 aliphatic rings. The zero-order chi connectivity index (χ0) is 14.5. The van der Waals surface area contributed by atoms with Gasteiger partial charge in [0.1, 0.15) is 5.69 Å². The Labute approximate surface area is 117 Å². The number of imidazole rings is 1. The summed E-state index contributed by atoms with van der Waals surface area (Å²) < 4.78 is 12.0. The number of carbonyl (C=O) groups is 1. The molecule has 0 fully saturated rings. The molecule has 1 N–H and O–H groups in total. The van der Waals surface area contributed by atoms with Crippen LogP contribution in [-0.2, 0) is 4.74 Å². The number of rotatable bonds is 6. The Bertz CT molecular complexity index is 607. The van der Waals surface area contributed by atoms with E-state index in [1.165, 1.54) is 0 Å². The molecule has 0 saturated carbocycles. The summed E-state index contributed by atoms with van der Waals surface area (Å²) in [4.78, 5) is 16.7. The van der Waals surface area contributed by atoms with E-state index in [9.17, 15) is 4.79 Å². The molecule has 20 heavy (non-hydrogen) atoms. The van der Waals surface area contributed by atoms with Crippen molar-refractivity contribution in [1.29, 1.82) is 0 Å². The van der Waals surface area contributed by atoms with Crippen molar-refractivity contribution in [1.82, 2.24) is 14.7 Å². The van der Waals surface area contributed by atoms with Crippen LogP contribution in [-0.4, -0.2) is 42.7 Å². The number of hydrogen-bond donors (Lipinski definition) is 1. The third-order valence-corrected chi connectivity index (χ3v) is 3.03. The fraction of sp³-hybridized carbons (Fsp3) is 0.429. The Morgan fingerprint density at radius 3 is 2.95 bits per heavy atom. The maximum atomic E-state index is 12.2. The molecule has 0 saturated heterocycles. The molecule has 6 heteroatoms. The number of hydrogen-bond acceptors (Lipinski definition) is 4. The first-order valence-electron chi connectivity index (χ1n) is 6.47. The molecule has 6 nitrogen and oxygen atoms in total. The van der Waals surface area contributed by atoms with Crippen LogP contribution in [0.4, 0.5) is 0 Å². The highest BCUT2D eigenvalue weighted by Crippen LogP contribution is 2.21. The number of carbonyl (C=O) groups excluding carboxylic acids is 1. The molecular weight excluding hydrogens is 258 g/mol. The molecule has 0 aliphatic heterocycles. The first-order chi connectivity index (χ1) is 9.69. The van der Waals surface area contributed by atoms with Crippen molar-refractivity contribution < 1.29 is 14.3 Å². The molecule has 2 aromatic heterocycles. The van der Waals surface area contributed by atoms with Gasteiger partial charge in [-0.25, -0.2) is 4.98 Å². The van der Waals surface area contributed by atoms with Gasteiger partial charge in [-0.2, -0.15) is 0 Å². The number of methoxy groups -OCH3 is 2. The van der Waals surface area contributed by atoms with Gasteiger partial charge < -0.3 is 14.8 Å². The van der Waals surface area contributed by atoms with Crippen LogP contribution >= 0.6 is 0 Å². The highest BCUT2D eigenvalue weighted by atomic mass is 16.5. The maximum Gasteiger partial charge on any atom is 0.270 e. The standard InChI is InChI=1S/C14H19N3O3/c1-10-12(14(18)15-7-5-9-19-2)17-8-4-6-11(20-3)13(17)16-10/h4,6,8H,5,7,9H2,1-3H3,(H,15,18). The largest absolute Gasteiger partial charge is 0.493 e. The summed E-state index contributed by atoms with van der Waals surface area (Å²) in [6, 6.07) is 3.65. The van der Waals surface area contributed by atoms with Crippen molar-refractivity contribution in [3.05, 3.63) is 29.7 Å². The second kappa shape index (κ2) is 6.38. The van der Waals surface area contributed by atoms with Crippen LogP contribution < -0.4 is 10.1 Å². The number of nitrogens with zero attached hydrogens (tertiary/aromatic N) is 2. The second-order valence-corrected chi connectivity index (χ2v) is 4.42. The molecule has 2 aromatic rings. The lowest BCUT2D eigenvalue weighted by atomic mass is 10.3. The van der Waals surface area contributed by atoms with Crippen molar-refractivity contribution in [2.24, 2.45) is 0 Å². The van der Waals surface area contributed by atoms with Gasteiger partial charge in [0.25, 0.3) is 5.91 Å². The van der Waals surface area contributed by atoms with Crippen molar-refractivity contribution in [3.63, 3.8) is 0 Å². The van der Waals surface area contributed by atoms with Gasteiger partial charge in [0, 0.05) is 26.5 Å². The lowest BCUT2D eigenvalue weighted by Crippen LogP contribution is -2.27. The number of fused-ring (bicyclic) bond motifs is 1. The van der Waals surface area contributed by atoms with Gasteiger partial charge in [0.2, 0.25) is 0 Å². The average molecular weight is 277 g/mol. The van der Waals surface area contributed by atoms with E-state index in [0.717, 1.165) is 6.42 Å². The van der Waals surface area contributed by atoms with Crippen LogP contribution in [0, 0.1) is 6.92 Å². The fourth-order valence-corrected chi connectivity index (χ4v) is 2.09. The van der Waals surface area contributed by atoms with Gasteiger partial charge in [-0.1, -0.05) is 0 Å². The molecule has 0 aromatic carbocycles. The van der Waals surface area contributed by atoms with E-state index < -0.39 is 0 Å².